The minimum Gasteiger partial charge on any atom is -0.493 e. The molecule has 9 rings (SSSR count). The van der Waals surface area contributed by atoms with Gasteiger partial charge < -0.3 is 37.9 Å². The zero-order valence-corrected chi connectivity index (χ0v) is 43.1. The number of aromatic nitrogens is 1. The van der Waals surface area contributed by atoms with Gasteiger partial charge in [-0.05, 0) is 137 Å². The minimum atomic E-state index is -0.660. The van der Waals surface area contributed by atoms with Gasteiger partial charge in [-0.15, -0.1) is 0 Å². The van der Waals surface area contributed by atoms with E-state index >= 15 is 0 Å². The number of thiazole rings is 1. The van der Waals surface area contributed by atoms with Crippen molar-refractivity contribution in [1.29, 1.82) is 0 Å². The number of rotatable bonds is 24. The molecule has 1 saturated heterocycles. The Kier molecular flexibility index (Phi) is 16.8. The summed E-state index contributed by atoms with van der Waals surface area (Å²) in [5, 5.41) is 11.4. The van der Waals surface area contributed by atoms with E-state index in [-0.39, 0.29) is 35.7 Å². The fourth-order valence-electron chi connectivity index (χ4n) is 7.87. The Morgan fingerprint density at radius 1 is 0.733 bits per heavy atom. The number of carbonyl (C=O) groups is 3. The topological polar surface area (TPSA) is 157 Å². The summed E-state index contributed by atoms with van der Waals surface area (Å²) in [6.45, 7) is 12.5. The normalized spacial score (nSPS) is 13.1. The maximum Gasteiger partial charge on any atom is 0.343 e. The minimum absolute atomic E-state index is 0.0722. The van der Waals surface area contributed by atoms with Gasteiger partial charge in [-0.3, -0.25) is 0 Å². The van der Waals surface area contributed by atoms with Crippen LogP contribution in [0.5, 0.6) is 28.7 Å². The maximum absolute atomic E-state index is 14.1. The fourth-order valence-corrected chi connectivity index (χ4v) is 8.82. The van der Waals surface area contributed by atoms with Crippen molar-refractivity contribution in [1.82, 2.24) is 4.98 Å². The molecular formula is C60H57N3O11S. The number of benzene rings is 7. The third-order valence-corrected chi connectivity index (χ3v) is 13.1. The van der Waals surface area contributed by atoms with Crippen LogP contribution in [0.4, 0.5) is 5.13 Å². The van der Waals surface area contributed by atoms with Gasteiger partial charge in [-0.25, -0.2) is 24.4 Å². The van der Waals surface area contributed by atoms with Crippen molar-refractivity contribution in [2.45, 2.75) is 46.3 Å². The van der Waals surface area contributed by atoms with E-state index in [1.807, 2.05) is 96.0 Å². The molecule has 1 aliphatic heterocycles. The molecule has 1 aromatic heterocycles. The van der Waals surface area contributed by atoms with Crippen LogP contribution < -0.4 is 28.7 Å². The fraction of sp³-hybridized carbons (Fsp3) is 0.250. The van der Waals surface area contributed by atoms with Crippen LogP contribution >= 0.6 is 11.3 Å². The third kappa shape index (κ3) is 13.7. The number of ether oxygens (including phenoxy) is 8. The van der Waals surface area contributed by atoms with Crippen LogP contribution in [0.2, 0.25) is 0 Å². The number of fused-ring (bicyclic) bond motifs is 3. The highest BCUT2D eigenvalue weighted by Gasteiger charge is 2.23. The van der Waals surface area contributed by atoms with Gasteiger partial charge in [0.2, 0.25) is 5.13 Å². The quantitative estimate of drug-likeness (QED) is 0.0107. The van der Waals surface area contributed by atoms with Crippen molar-refractivity contribution in [2.24, 2.45) is 11.0 Å². The molecule has 0 N–H and O–H groups in total. The molecule has 1 aliphatic rings. The molecule has 0 radical (unpaired) electrons. The number of methoxy groups -OCH3 is 1. The van der Waals surface area contributed by atoms with Crippen LogP contribution in [-0.4, -0.2) is 82.1 Å². The first kappa shape index (κ1) is 51.8. The van der Waals surface area contributed by atoms with E-state index in [1.54, 1.807) is 42.7 Å². The predicted octanol–water partition coefficient (Wildman–Crippen LogP) is 12.6. The zero-order chi connectivity index (χ0) is 52.3. The highest BCUT2D eigenvalue weighted by atomic mass is 32.1. The number of carbonyl (C=O) groups excluding carboxylic acids is 3. The van der Waals surface area contributed by atoms with E-state index < -0.39 is 17.9 Å². The van der Waals surface area contributed by atoms with Crippen LogP contribution in [0.15, 0.2) is 151 Å². The Balaban J connectivity index is 0.926. The Morgan fingerprint density at radius 3 is 2.05 bits per heavy atom. The van der Waals surface area contributed by atoms with Gasteiger partial charge in [0.05, 0.1) is 61.1 Å². The Hall–Kier alpha value is -8.11. The highest BCUT2D eigenvalue weighted by Crippen LogP contribution is 2.34. The lowest BCUT2D eigenvalue weighted by molar-refractivity contribution is -0.139. The second kappa shape index (κ2) is 24.3. The molecule has 1 unspecified atom stereocenters. The maximum atomic E-state index is 14.1. The predicted molar refractivity (Wildman–Crippen MR) is 292 cm³/mol. The molecule has 0 spiro atoms. The van der Waals surface area contributed by atoms with Crippen molar-refractivity contribution >= 4 is 72.4 Å². The summed E-state index contributed by atoms with van der Waals surface area (Å²) in [4.78, 5) is 44.2. The standard InChI is InChI=1S/C60H57N3O11S/c1-38(2)24-25-63(60-62-51-10-6-7-11-55(51)75-60)61-36-48-32-43(40-12-13-44-33-49(20-16-41(44)30-40)69-27-9-29-71-57(64)39(3)4)18-22-52(48)73-59(66)47-19-23-53(54(35-47)67-5)74-58(65)46-15-14-45-34-50(21-17-42(45)31-46)68-26-8-28-70-56-37-72-56/h6-7,10-23,30-36,38,56H,3,8-9,24-29,37H2,1-2,4-5H3/b61-36+. The molecule has 7 aromatic carbocycles. The van der Waals surface area contributed by atoms with Gasteiger partial charge in [0.15, 0.2) is 17.8 Å². The van der Waals surface area contributed by atoms with Gasteiger partial charge >= 0.3 is 17.9 Å². The molecule has 8 aromatic rings. The lowest BCUT2D eigenvalue weighted by Crippen LogP contribution is -2.19. The molecule has 0 amide bonds. The van der Waals surface area contributed by atoms with Crippen LogP contribution in [-0.2, 0) is 19.0 Å². The smallest absolute Gasteiger partial charge is 0.343 e. The molecule has 1 atom stereocenters. The van der Waals surface area contributed by atoms with E-state index in [4.69, 9.17) is 48.0 Å². The van der Waals surface area contributed by atoms with E-state index in [9.17, 15) is 14.4 Å². The van der Waals surface area contributed by atoms with Crippen molar-refractivity contribution in [2.75, 3.05) is 51.7 Å². The monoisotopic (exact) mass is 1030 g/mol. The SMILES string of the molecule is C=C(C)C(=O)OCCCOc1ccc2cc(-c3ccc(OC(=O)c4ccc(OC(=O)c5ccc6cc(OCCCOC7CO7)ccc6c5)c(OC)c4)c(/C=N/N(CCC(C)C)c4nc5ccccc5s4)c3)ccc2c1. The number of hydrogen-bond donors (Lipinski definition) is 0. The molecule has 0 aliphatic carbocycles. The van der Waals surface area contributed by atoms with Gasteiger partial charge in [-0.2, -0.15) is 5.10 Å². The third-order valence-electron chi connectivity index (χ3n) is 12.1. The molecule has 384 valence electrons. The molecule has 2 heterocycles. The van der Waals surface area contributed by atoms with Gasteiger partial charge in [0.25, 0.3) is 0 Å². The summed E-state index contributed by atoms with van der Waals surface area (Å²) in [6, 6.07) is 41.1. The highest BCUT2D eigenvalue weighted by molar-refractivity contribution is 7.22. The molecule has 1 fully saturated rings. The molecular weight excluding hydrogens is 971 g/mol. The van der Waals surface area contributed by atoms with Gasteiger partial charge in [0, 0.05) is 30.5 Å². The number of para-hydroxylation sites is 1. The lowest BCUT2D eigenvalue weighted by atomic mass is 9.99. The van der Waals surface area contributed by atoms with Crippen molar-refractivity contribution < 1.29 is 52.3 Å². The number of anilines is 1. The van der Waals surface area contributed by atoms with Crippen LogP contribution in [0, 0.1) is 5.92 Å². The summed E-state index contributed by atoms with van der Waals surface area (Å²) in [6.07, 6.45) is 3.78. The average Bonchev–Trinajstić information content (AvgIpc) is 4.15. The summed E-state index contributed by atoms with van der Waals surface area (Å²) in [5.41, 5.74) is 4.10. The van der Waals surface area contributed by atoms with Crippen molar-refractivity contribution in [3.8, 4) is 39.9 Å². The summed E-state index contributed by atoms with van der Waals surface area (Å²) in [5.74, 6) is 0.735. The van der Waals surface area contributed by atoms with Gasteiger partial charge in [-0.1, -0.05) is 80.3 Å². The van der Waals surface area contributed by atoms with Crippen molar-refractivity contribution in [3.63, 3.8) is 0 Å². The van der Waals surface area contributed by atoms with E-state index in [0.717, 1.165) is 60.9 Å². The molecule has 75 heavy (non-hydrogen) atoms. The van der Waals surface area contributed by atoms with Gasteiger partial charge in [0.1, 0.15) is 23.9 Å². The molecule has 15 heteroatoms. The second-order valence-electron chi connectivity index (χ2n) is 18.3. The number of hydrazone groups is 1. The van der Waals surface area contributed by atoms with Crippen LogP contribution in [0.25, 0.3) is 42.9 Å². The zero-order valence-electron chi connectivity index (χ0n) is 42.2. The van der Waals surface area contributed by atoms with E-state index in [0.29, 0.717) is 73.5 Å². The number of nitrogens with zero attached hydrogens (tertiary/aromatic N) is 3. The molecule has 14 nitrogen and oxygen atoms in total. The largest absolute Gasteiger partial charge is 0.493 e. The average molecular weight is 1030 g/mol. The summed E-state index contributed by atoms with van der Waals surface area (Å²) < 4.78 is 46.3. The Morgan fingerprint density at radius 2 is 1.35 bits per heavy atom. The van der Waals surface area contributed by atoms with E-state index in [2.05, 4.69) is 26.5 Å². The first-order valence-corrected chi connectivity index (χ1v) is 25.6. The molecule has 0 saturated carbocycles. The van der Waals surface area contributed by atoms with Crippen molar-refractivity contribution in [3.05, 3.63) is 162 Å². The molecule has 0 bridgehead atoms. The number of epoxide rings is 1. The summed E-state index contributed by atoms with van der Waals surface area (Å²) in [7, 11) is 1.44. The Labute approximate surface area is 439 Å². The van der Waals surface area contributed by atoms with E-state index in [1.165, 1.54) is 25.3 Å². The van der Waals surface area contributed by atoms with Crippen LogP contribution in [0.1, 0.15) is 66.3 Å². The number of esters is 3. The first-order chi connectivity index (χ1) is 36.5. The number of hydrogen-bond acceptors (Lipinski definition) is 15. The van der Waals surface area contributed by atoms with Crippen LogP contribution in [0.3, 0.4) is 0 Å². The lowest BCUT2D eigenvalue weighted by Gasteiger charge is -2.17. The second-order valence-corrected chi connectivity index (χ2v) is 19.3. The first-order valence-electron chi connectivity index (χ1n) is 24.8. The summed E-state index contributed by atoms with van der Waals surface area (Å²) >= 11 is 1.56. The Bertz CT molecular complexity index is 3370.